The highest BCUT2D eigenvalue weighted by Gasteiger charge is 2.50. The van der Waals surface area contributed by atoms with Gasteiger partial charge in [0.25, 0.3) is 0 Å². The van der Waals surface area contributed by atoms with E-state index < -0.39 is 125 Å². The predicted molar refractivity (Wildman–Crippen MR) is 189 cm³/mol. The Morgan fingerprint density at radius 2 is 1.17 bits per heavy atom. The van der Waals surface area contributed by atoms with Gasteiger partial charge in [-0.25, -0.2) is 0 Å². The van der Waals surface area contributed by atoms with E-state index in [4.69, 9.17) is 15.7 Å². The van der Waals surface area contributed by atoms with Crippen molar-refractivity contribution in [1.29, 1.82) is 0 Å². The lowest BCUT2D eigenvalue weighted by Crippen LogP contribution is -2.31. The number of hydrogen-bond donors (Lipinski definition) is 0. The summed E-state index contributed by atoms with van der Waals surface area (Å²) in [6.45, 7) is 0. The van der Waals surface area contributed by atoms with Crippen molar-refractivity contribution in [3.63, 3.8) is 0 Å². The van der Waals surface area contributed by atoms with Gasteiger partial charge in [-0.15, -0.1) is 0 Å². The van der Waals surface area contributed by atoms with Crippen molar-refractivity contribution >= 4 is 21.5 Å². The van der Waals surface area contributed by atoms with Crippen LogP contribution in [0.5, 0.6) is 11.5 Å². The third-order valence-corrected chi connectivity index (χ3v) is 9.44. The fourth-order valence-corrected chi connectivity index (χ4v) is 7.69. The van der Waals surface area contributed by atoms with Crippen molar-refractivity contribution in [2.45, 2.75) is 5.41 Å². The molecule has 0 aromatic heterocycles. The van der Waals surface area contributed by atoms with Gasteiger partial charge < -0.3 is 4.74 Å². The second-order valence-corrected chi connectivity index (χ2v) is 11.5. The van der Waals surface area contributed by atoms with Crippen molar-refractivity contribution in [3.8, 4) is 56.0 Å². The zero-order chi connectivity index (χ0) is 43.9. The quantitative estimate of drug-likeness (QED) is 0.183. The topological polar surface area (TPSA) is 9.23 Å². The van der Waals surface area contributed by atoms with Crippen LogP contribution in [0.4, 0.5) is 0 Å². The molecule has 3 aliphatic rings. The molecule has 1 nitrogen and oxygen atoms in total. The maximum Gasteiger partial charge on any atom is 0.135 e. The molecule has 1 aliphatic heterocycles. The highest BCUT2D eigenvalue weighted by molar-refractivity contribution is 6.11. The molecule has 0 amide bonds. The Morgan fingerprint density at radius 3 is 2.13 bits per heavy atom. The van der Waals surface area contributed by atoms with Crippen LogP contribution < -0.4 is 4.74 Å². The van der Waals surface area contributed by atoms with Crippen LogP contribution in [-0.2, 0) is 5.41 Å². The van der Waals surface area contributed by atoms with E-state index in [-0.39, 0.29) is 44.2 Å². The Bertz CT molecular complexity index is 3520. The first kappa shape index (κ1) is 14.0. The average molecular weight is 599 g/mol. The standard InChI is InChI=1S/C45H26O/c1-4-18-37-30(12-1)32-23-22-28(29-24-25-42-44-34(29)16-9-17-36(44)33-14-3-6-21-41(33)46-42)26-40(32)45(37)38-19-5-2-13-31(38)35-15-7-10-27-11-8-20-39(45)43(27)35/h1-26H/i1D,3D,4D,6D,9D,12D,14D,16D,17D,18D,21D,22D,23D,24D,25D,26D. The molecular weight excluding hydrogens is 556 g/mol. The maximum atomic E-state index is 10.4. The average Bonchev–Trinajstić information content (AvgIpc) is 3.59. The molecule has 8 aromatic carbocycles. The molecule has 1 spiro atoms. The van der Waals surface area contributed by atoms with E-state index in [1.165, 1.54) is 0 Å². The first-order valence-electron chi connectivity index (χ1n) is 22.7. The molecule has 11 rings (SSSR count). The summed E-state index contributed by atoms with van der Waals surface area (Å²) in [5.41, 5.74) is -0.580. The van der Waals surface area contributed by atoms with Crippen molar-refractivity contribution in [2.24, 2.45) is 0 Å². The lowest BCUT2D eigenvalue weighted by molar-refractivity contribution is 0.487. The molecule has 0 saturated carbocycles. The summed E-state index contributed by atoms with van der Waals surface area (Å²) < 4.78 is 153. The van der Waals surface area contributed by atoms with Gasteiger partial charge in [0.1, 0.15) is 11.5 Å². The minimum atomic E-state index is -1.73. The smallest absolute Gasteiger partial charge is 0.135 e. The van der Waals surface area contributed by atoms with E-state index in [9.17, 15) is 11.0 Å². The number of rotatable bonds is 1. The van der Waals surface area contributed by atoms with Crippen LogP contribution in [0.3, 0.4) is 0 Å². The molecule has 2 aliphatic carbocycles. The number of hydrogen-bond acceptors (Lipinski definition) is 1. The lowest BCUT2D eigenvalue weighted by atomic mass is 9.61. The van der Waals surface area contributed by atoms with E-state index in [2.05, 4.69) is 0 Å². The van der Waals surface area contributed by atoms with Gasteiger partial charge in [0, 0.05) is 10.9 Å². The molecule has 1 heterocycles. The summed E-state index contributed by atoms with van der Waals surface area (Å²) in [7, 11) is 0. The number of para-hydroxylation sites is 1. The summed E-state index contributed by atoms with van der Waals surface area (Å²) in [6.07, 6.45) is 0. The second kappa shape index (κ2) is 8.62. The second-order valence-electron chi connectivity index (χ2n) is 11.5. The molecule has 0 bridgehead atoms. The maximum absolute atomic E-state index is 10.4. The Morgan fingerprint density at radius 1 is 0.435 bits per heavy atom. The Hall–Kier alpha value is -5.92. The SMILES string of the molecule is [2H]c1c([2H])c([2H])c2c(c1[2H])Oc1c([2H])c([2H])c(-c3c([2H])c([2H])c4c(c3[2H])C3(c5ccccc5-c5cccc6cccc3c56)c3c([2H])c([2H])c([2H])c([2H])c3-4)c3c([2H])c([2H])c([2H])c-2c13. The summed E-state index contributed by atoms with van der Waals surface area (Å²) in [5, 5.41) is 0.993. The molecule has 1 atom stereocenters. The summed E-state index contributed by atoms with van der Waals surface area (Å²) in [4.78, 5) is 0. The van der Waals surface area contributed by atoms with Crippen LogP contribution in [0.25, 0.3) is 66.1 Å². The van der Waals surface area contributed by atoms with Crippen molar-refractivity contribution in [2.75, 3.05) is 0 Å². The number of benzene rings is 8. The van der Waals surface area contributed by atoms with E-state index in [0.717, 1.165) is 16.3 Å². The number of fused-ring (bicyclic) bond motifs is 11. The van der Waals surface area contributed by atoms with E-state index >= 15 is 0 Å². The zero-order valence-electron chi connectivity index (χ0n) is 39.7. The molecule has 8 aromatic rings. The third kappa shape index (κ3) is 2.87. The van der Waals surface area contributed by atoms with Gasteiger partial charge >= 0.3 is 0 Å². The summed E-state index contributed by atoms with van der Waals surface area (Å²) in [6, 6.07) is 8.95. The summed E-state index contributed by atoms with van der Waals surface area (Å²) >= 11 is 0. The molecule has 0 radical (unpaired) electrons. The van der Waals surface area contributed by atoms with Crippen LogP contribution in [0.15, 0.2) is 157 Å². The van der Waals surface area contributed by atoms with Crippen LogP contribution >= 0.6 is 0 Å². The van der Waals surface area contributed by atoms with Gasteiger partial charge in [0.15, 0.2) is 0 Å². The van der Waals surface area contributed by atoms with Crippen molar-refractivity contribution < 1.29 is 26.7 Å². The highest BCUT2D eigenvalue weighted by Crippen LogP contribution is 2.62. The van der Waals surface area contributed by atoms with Gasteiger partial charge in [-0.2, -0.15) is 0 Å². The Kier molecular flexibility index (Phi) is 2.63. The molecule has 212 valence electrons. The van der Waals surface area contributed by atoms with E-state index in [1.807, 2.05) is 48.5 Å². The monoisotopic (exact) mass is 598 g/mol. The molecule has 0 saturated heterocycles. The van der Waals surface area contributed by atoms with Gasteiger partial charge in [-0.05, 0) is 95.5 Å². The Labute approximate surface area is 289 Å². The fraction of sp³-hybridized carbons (Fsp3) is 0.0222. The van der Waals surface area contributed by atoms with Crippen LogP contribution in [0.1, 0.15) is 44.2 Å². The van der Waals surface area contributed by atoms with Gasteiger partial charge in [-0.3, -0.25) is 0 Å². The fourth-order valence-electron chi connectivity index (χ4n) is 7.69. The largest absolute Gasteiger partial charge is 0.456 e. The molecule has 1 unspecified atom stereocenters. The van der Waals surface area contributed by atoms with Crippen LogP contribution in [0.2, 0.25) is 0 Å². The first-order chi connectivity index (χ1) is 29.5. The zero-order valence-corrected chi connectivity index (χ0v) is 23.7. The van der Waals surface area contributed by atoms with Gasteiger partial charge in [-0.1, -0.05) is 139 Å². The highest BCUT2D eigenvalue weighted by atomic mass is 16.5. The minimum Gasteiger partial charge on any atom is -0.456 e. The molecular formula is C45H26O. The number of ether oxygens (including phenoxy) is 1. The predicted octanol–water partition coefficient (Wildman–Crippen LogP) is 11.8. The lowest BCUT2D eigenvalue weighted by Gasteiger charge is -2.40. The van der Waals surface area contributed by atoms with Crippen LogP contribution in [0, 0.1) is 0 Å². The Balaban J connectivity index is 1.38. The molecule has 0 fully saturated rings. The van der Waals surface area contributed by atoms with Crippen molar-refractivity contribution in [3.05, 3.63) is 180 Å². The van der Waals surface area contributed by atoms with E-state index in [0.29, 0.717) is 16.7 Å². The first-order valence-corrected chi connectivity index (χ1v) is 14.7. The minimum absolute atomic E-state index is 0.0193. The van der Waals surface area contributed by atoms with Gasteiger partial charge in [0.2, 0.25) is 0 Å². The van der Waals surface area contributed by atoms with Crippen LogP contribution in [-0.4, -0.2) is 0 Å². The normalized spacial score (nSPS) is 21.0. The van der Waals surface area contributed by atoms with Crippen molar-refractivity contribution in [1.82, 2.24) is 0 Å². The molecule has 0 N–H and O–H groups in total. The van der Waals surface area contributed by atoms with Gasteiger partial charge in [0.05, 0.1) is 27.3 Å². The molecule has 46 heavy (non-hydrogen) atoms. The van der Waals surface area contributed by atoms with E-state index in [1.54, 1.807) is 12.1 Å². The molecule has 1 heteroatoms. The third-order valence-electron chi connectivity index (χ3n) is 9.44. The summed E-state index contributed by atoms with van der Waals surface area (Å²) in [5.74, 6) is -0.861.